The Labute approximate surface area is 126 Å². The van der Waals surface area contributed by atoms with Crippen LogP contribution in [0.15, 0.2) is 42.7 Å². The molecule has 1 fully saturated rings. The van der Waals surface area contributed by atoms with Crippen molar-refractivity contribution in [1.29, 1.82) is 0 Å². The largest absolute Gasteiger partial charge is 0.364 e. The van der Waals surface area contributed by atoms with Crippen molar-refractivity contribution in [3.05, 3.63) is 54.0 Å². The van der Waals surface area contributed by atoms with Crippen molar-refractivity contribution in [2.24, 2.45) is 0 Å². The highest BCUT2D eigenvalue weighted by atomic mass is 15.1. The summed E-state index contributed by atoms with van der Waals surface area (Å²) in [5, 5.41) is 3.37. The maximum absolute atomic E-state index is 4.41. The molecule has 0 bridgehead atoms. The number of hydrogen-bond donors (Lipinski definition) is 1. The van der Waals surface area contributed by atoms with E-state index in [2.05, 4.69) is 39.4 Å². The maximum atomic E-state index is 4.41. The molecule has 2 aromatic heterocycles. The number of pyridine rings is 2. The van der Waals surface area contributed by atoms with Gasteiger partial charge in [0.15, 0.2) is 0 Å². The summed E-state index contributed by atoms with van der Waals surface area (Å²) < 4.78 is 0. The van der Waals surface area contributed by atoms with Crippen LogP contribution < -0.4 is 5.32 Å². The van der Waals surface area contributed by atoms with E-state index in [4.69, 9.17) is 0 Å². The average Bonchev–Trinajstić information content (AvgIpc) is 2.55. The Bertz CT molecular complexity index is 562. The zero-order valence-corrected chi connectivity index (χ0v) is 12.5. The van der Waals surface area contributed by atoms with E-state index in [0.717, 1.165) is 11.5 Å². The first kappa shape index (κ1) is 14.0. The topological polar surface area (TPSA) is 41.1 Å². The molecular formula is C17H22N4. The minimum atomic E-state index is 0.666. The van der Waals surface area contributed by atoms with Gasteiger partial charge in [-0.3, -0.25) is 4.98 Å². The van der Waals surface area contributed by atoms with Gasteiger partial charge in [0.1, 0.15) is 5.82 Å². The molecule has 1 aliphatic heterocycles. The number of hydrogen-bond acceptors (Lipinski definition) is 4. The Morgan fingerprint density at radius 3 is 2.76 bits per heavy atom. The molecule has 0 atom stereocenters. The van der Waals surface area contributed by atoms with Crippen LogP contribution in [-0.2, 0) is 6.54 Å². The molecule has 2 aromatic rings. The lowest BCUT2D eigenvalue weighted by atomic mass is 9.90. The Morgan fingerprint density at radius 1 is 1.14 bits per heavy atom. The summed E-state index contributed by atoms with van der Waals surface area (Å²) in [7, 11) is 2.20. The van der Waals surface area contributed by atoms with Gasteiger partial charge in [-0.15, -0.1) is 0 Å². The van der Waals surface area contributed by atoms with Crippen LogP contribution in [0.5, 0.6) is 0 Å². The second kappa shape index (κ2) is 6.68. The number of likely N-dealkylation sites (tertiary alicyclic amines) is 1. The molecule has 1 N–H and O–H groups in total. The van der Waals surface area contributed by atoms with Crippen LogP contribution in [-0.4, -0.2) is 35.0 Å². The van der Waals surface area contributed by atoms with Gasteiger partial charge in [-0.1, -0.05) is 6.07 Å². The van der Waals surface area contributed by atoms with Gasteiger partial charge in [0.05, 0.1) is 12.2 Å². The summed E-state index contributed by atoms with van der Waals surface area (Å²) in [6.07, 6.45) is 6.20. The standard InChI is InChI=1S/C17H22N4/c1-21-10-6-14(7-11-21)15-5-9-19-17(12-15)20-13-16-4-2-3-8-18-16/h2-5,8-9,12,14H,6-7,10-11,13H2,1H3,(H,19,20). The number of nitrogens with one attached hydrogen (secondary N) is 1. The van der Waals surface area contributed by atoms with Gasteiger partial charge >= 0.3 is 0 Å². The Kier molecular flexibility index (Phi) is 4.46. The fourth-order valence-electron chi connectivity index (χ4n) is 2.82. The van der Waals surface area contributed by atoms with Crippen LogP contribution in [0.3, 0.4) is 0 Å². The van der Waals surface area contributed by atoms with E-state index in [1.807, 2.05) is 30.6 Å². The normalized spacial score (nSPS) is 16.8. The minimum Gasteiger partial charge on any atom is -0.364 e. The third-order valence-corrected chi connectivity index (χ3v) is 4.15. The zero-order valence-electron chi connectivity index (χ0n) is 12.5. The zero-order chi connectivity index (χ0) is 14.5. The summed E-state index contributed by atoms with van der Waals surface area (Å²) in [4.78, 5) is 11.1. The van der Waals surface area contributed by atoms with E-state index in [1.54, 1.807) is 0 Å². The van der Waals surface area contributed by atoms with Crippen molar-refractivity contribution in [1.82, 2.24) is 14.9 Å². The van der Waals surface area contributed by atoms with Crippen molar-refractivity contribution in [3.8, 4) is 0 Å². The molecular weight excluding hydrogens is 260 g/mol. The summed E-state index contributed by atoms with van der Waals surface area (Å²) in [5.74, 6) is 1.61. The van der Waals surface area contributed by atoms with Gasteiger partial charge in [0.25, 0.3) is 0 Å². The smallest absolute Gasteiger partial charge is 0.126 e. The average molecular weight is 282 g/mol. The molecule has 0 amide bonds. The van der Waals surface area contributed by atoms with Crippen LogP contribution in [0.4, 0.5) is 5.82 Å². The van der Waals surface area contributed by atoms with E-state index in [9.17, 15) is 0 Å². The molecule has 0 spiro atoms. The van der Waals surface area contributed by atoms with E-state index in [0.29, 0.717) is 12.5 Å². The molecule has 3 heterocycles. The predicted molar refractivity (Wildman–Crippen MR) is 85.3 cm³/mol. The van der Waals surface area contributed by atoms with Crippen LogP contribution >= 0.6 is 0 Å². The molecule has 4 heteroatoms. The molecule has 0 saturated carbocycles. The highest BCUT2D eigenvalue weighted by molar-refractivity contribution is 5.39. The number of anilines is 1. The van der Waals surface area contributed by atoms with Crippen LogP contribution in [0.1, 0.15) is 30.0 Å². The van der Waals surface area contributed by atoms with Crippen molar-refractivity contribution >= 4 is 5.82 Å². The van der Waals surface area contributed by atoms with Gasteiger partial charge in [0, 0.05) is 12.4 Å². The van der Waals surface area contributed by atoms with E-state index in [1.165, 1.54) is 31.5 Å². The first-order chi connectivity index (χ1) is 10.3. The molecule has 0 radical (unpaired) electrons. The fraction of sp³-hybridized carbons (Fsp3) is 0.412. The molecule has 21 heavy (non-hydrogen) atoms. The lowest BCUT2D eigenvalue weighted by Crippen LogP contribution is -2.29. The van der Waals surface area contributed by atoms with E-state index in [-0.39, 0.29) is 0 Å². The molecule has 1 aliphatic rings. The summed E-state index contributed by atoms with van der Waals surface area (Å²) in [6, 6.07) is 10.3. The van der Waals surface area contributed by atoms with Gasteiger partial charge < -0.3 is 10.2 Å². The highest BCUT2D eigenvalue weighted by Crippen LogP contribution is 2.28. The molecule has 0 unspecified atom stereocenters. The third-order valence-electron chi connectivity index (χ3n) is 4.15. The lowest BCUT2D eigenvalue weighted by Gasteiger charge is -2.29. The number of rotatable bonds is 4. The summed E-state index contributed by atoms with van der Waals surface area (Å²) in [6.45, 7) is 3.08. The molecule has 0 aliphatic carbocycles. The van der Waals surface area contributed by atoms with Gasteiger partial charge in [-0.25, -0.2) is 4.98 Å². The van der Waals surface area contributed by atoms with Crippen molar-refractivity contribution in [2.45, 2.75) is 25.3 Å². The van der Waals surface area contributed by atoms with Crippen molar-refractivity contribution in [3.63, 3.8) is 0 Å². The van der Waals surface area contributed by atoms with Gasteiger partial charge in [-0.05, 0) is 68.7 Å². The quantitative estimate of drug-likeness (QED) is 0.936. The van der Waals surface area contributed by atoms with Crippen molar-refractivity contribution in [2.75, 3.05) is 25.5 Å². The summed E-state index contributed by atoms with van der Waals surface area (Å²) in [5.41, 5.74) is 2.44. The van der Waals surface area contributed by atoms with E-state index < -0.39 is 0 Å². The maximum Gasteiger partial charge on any atom is 0.126 e. The number of aromatic nitrogens is 2. The van der Waals surface area contributed by atoms with E-state index >= 15 is 0 Å². The monoisotopic (exact) mass is 282 g/mol. The minimum absolute atomic E-state index is 0.666. The first-order valence-electron chi connectivity index (χ1n) is 7.59. The lowest BCUT2D eigenvalue weighted by molar-refractivity contribution is 0.255. The van der Waals surface area contributed by atoms with Crippen LogP contribution in [0.25, 0.3) is 0 Å². The SMILES string of the molecule is CN1CCC(c2ccnc(NCc3ccccn3)c2)CC1. The van der Waals surface area contributed by atoms with Crippen LogP contribution in [0.2, 0.25) is 0 Å². The molecule has 4 nitrogen and oxygen atoms in total. The molecule has 3 rings (SSSR count). The second-order valence-electron chi connectivity index (χ2n) is 5.73. The van der Waals surface area contributed by atoms with Crippen LogP contribution in [0, 0.1) is 0 Å². The molecule has 0 aromatic carbocycles. The third kappa shape index (κ3) is 3.79. The number of piperidine rings is 1. The Balaban J connectivity index is 1.63. The first-order valence-corrected chi connectivity index (χ1v) is 7.59. The van der Waals surface area contributed by atoms with Gasteiger partial charge in [0.2, 0.25) is 0 Å². The van der Waals surface area contributed by atoms with Gasteiger partial charge in [-0.2, -0.15) is 0 Å². The number of nitrogens with zero attached hydrogens (tertiary/aromatic N) is 3. The predicted octanol–water partition coefficient (Wildman–Crippen LogP) is 2.90. The second-order valence-corrected chi connectivity index (χ2v) is 5.73. The Hall–Kier alpha value is -1.94. The summed E-state index contributed by atoms with van der Waals surface area (Å²) >= 11 is 0. The fourth-order valence-corrected chi connectivity index (χ4v) is 2.82. The van der Waals surface area contributed by atoms with Crippen molar-refractivity contribution < 1.29 is 0 Å². The Morgan fingerprint density at radius 2 is 2.00 bits per heavy atom. The molecule has 1 saturated heterocycles. The molecule has 110 valence electrons. The highest BCUT2D eigenvalue weighted by Gasteiger charge is 2.18.